The lowest BCUT2D eigenvalue weighted by Gasteiger charge is -2.22. The Hall–Kier alpha value is -3.15. The van der Waals surface area contributed by atoms with Crippen molar-refractivity contribution in [3.05, 3.63) is 59.8 Å². The highest BCUT2D eigenvalue weighted by molar-refractivity contribution is 5.69. The topological polar surface area (TPSA) is 71.4 Å². The van der Waals surface area contributed by atoms with E-state index in [9.17, 15) is 5.11 Å². The highest BCUT2D eigenvalue weighted by atomic mass is 16.5. The third kappa shape index (κ3) is 3.63. The molecule has 4 rings (SSSR count). The van der Waals surface area contributed by atoms with E-state index in [1.54, 1.807) is 18.5 Å². The minimum absolute atomic E-state index is 0.153. The van der Waals surface area contributed by atoms with Gasteiger partial charge in [-0.3, -0.25) is 4.98 Å². The van der Waals surface area contributed by atoms with Crippen LogP contribution in [-0.2, 0) is 6.54 Å². The van der Waals surface area contributed by atoms with Gasteiger partial charge in [-0.05, 0) is 36.6 Å². The molecule has 0 bridgehead atoms. The van der Waals surface area contributed by atoms with E-state index in [1.165, 1.54) is 0 Å². The van der Waals surface area contributed by atoms with Crippen molar-refractivity contribution in [2.75, 3.05) is 18.1 Å². The average molecular weight is 376 g/mol. The number of aromatic nitrogens is 3. The fraction of sp³-hybridized carbons (Fsp3) is 0.318. The second kappa shape index (κ2) is 7.46. The number of aryl methyl sites for hydroxylation is 1. The molecule has 3 heterocycles. The lowest BCUT2D eigenvalue weighted by Crippen LogP contribution is -2.26. The fourth-order valence-corrected chi connectivity index (χ4v) is 3.43. The van der Waals surface area contributed by atoms with Crippen LogP contribution in [0.15, 0.2) is 42.7 Å². The van der Waals surface area contributed by atoms with Crippen LogP contribution in [0.25, 0.3) is 11.1 Å². The SMILES string of the molecule is Cc1nc(C(C)C)cc(N2CCOc3c(O)cc(-c4cccnc4)cc3C2)n1. The number of benzene rings is 1. The van der Waals surface area contributed by atoms with Gasteiger partial charge < -0.3 is 14.7 Å². The van der Waals surface area contributed by atoms with Crippen molar-refractivity contribution in [1.82, 2.24) is 15.0 Å². The molecule has 144 valence electrons. The molecular weight excluding hydrogens is 352 g/mol. The number of anilines is 1. The molecule has 0 fully saturated rings. The van der Waals surface area contributed by atoms with Gasteiger partial charge in [0.25, 0.3) is 0 Å². The van der Waals surface area contributed by atoms with Gasteiger partial charge in [-0.1, -0.05) is 19.9 Å². The first-order valence-electron chi connectivity index (χ1n) is 9.51. The van der Waals surface area contributed by atoms with Gasteiger partial charge in [-0.2, -0.15) is 0 Å². The normalized spacial score (nSPS) is 13.8. The second-order valence-corrected chi connectivity index (χ2v) is 7.35. The summed E-state index contributed by atoms with van der Waals surface area (Å²) in [5, 5.41) is 10.6. The molecular formula is C22H24N4O2. The number of fused-ring (bicyclic) bond motifs is 1. The minimum Gasteiger partial charge on any atom is -0.504 e. The van der Waals surface area contributed by atoms with Gasteiger partial charge in [0.1, 0.15) is 18.2 Å². The molecule has 1 aromatic carbocycles. The van der Waals surface area contributed by atoms with Gasteiger partial charge in [0.05, 0.1) is 6.54 Å². The van der Waals surface area contributed by atoms with Gasteiger partial charge in [0.2, 0.25) is 0 Å². The zero-order chi connectivity index (χ0) is 19.7. The summed E-state index contributed by atoms with van der Waals surface area (Å²) in [7, 11) is 0. The molecule has 0 amide bonds. The summed E-state index contributed by atoms with van der Waals surface area (Å²) >= 11 is 0. The highest BCUT2D eigenvalue weighted by Gasteiger charge is 2.21. The van der Waals surface area contributed by atoms with Crippen LogP contribution in [0.2, 0.25) is 0 Å². The Kier molecular flexibility index (Phi) is 4.86. The first-order valence-corrected chi connectivity index (χ1v) is 9.51. The monoisotopic (exact) mass is 376 g/mol. The van der Waals surface area contributed by atoms with Crippen LogP contribution in [0, 0.1) is 6.92 Å². The maximum atomic E-state index is 10.6. The molecule has 1 N–H and O–H groups in total. The van der Waals surface area contributed by atoms with Crippen LogP contribution in [0.1, 0.15) is 36.8 Å². The van der Waals surface area contributed by atoms with Gasteiger partial charge in [-0.15, -0.1) is 0 Å². The number of pyridine rings is 1. The zero-order valence-electron chi connectivity index (χ0n) is 16.4. The predicted octanol–water partition coefficient (Wildman–Crippen LogP) is 4.08. The summed E-state index contributed by atoms with van der Waals surface area (Å²) in [4.78, 5) is 15.6. The van der Waals surface area contributed by atoms with E-state index in [4.69, 9.17) is 4.74 Å². The van der Waals surface area contributed by atoms with Crippen LogP contribution in [0.4, 0.5) is 5.82 Å². The summed E-state index contributed by atoms with van der Waals surface area (Å²) in [6.45, 7) is 7.95. The van der Waals surface area contributed by atoms with Crippen molar-refractivity contribution in [3.63, 3.8) is 0 Å². The molecule has 6 nitrogen and oxygen atoms in total. The molecule has 28 heavy (non-hydrogen) atoms. The quantitative estimate of drug-likeness (QED) is 0.743. The molecule has 0 unspecified atom stereocenters. The maximum Gasteiger partial charge on any atom is 0.166 e. The van der Waals surface area contributed by atoms with E-state index in [-0.39, 0.29) is 5.75 Å². The third-order valence-electron chi connectivity index (χ3n) is 4.87. The lowest BCUT2D eigenvalue weighted by molar-refractivity contribution is 0.311. The highest BCUT2D eigenvalue weighted by Crippen LogP contribution is 2.38. The van der Waals surface area contributed by atoms with Crippen molar-refractivity contribution >= 4 is 5.82 Å². The number of aromatic hydroxyl groups is 1. The molecule has 2 aromatic heterocycles. The number of phenolic OH excluding ortho intramolecular Hbond substituents is 1. The number of ether oxygens (including phenoxy) is 1. The third-order valence-corrected chi connectivity index (χ3v) is 4.87. The molecule has 0 atom stereocenters. The van der Waals surface area contributed by atoms with Gasteiger partial charge in [0, 0.05) is 41.8 Å². The number of nitrogens with zero attached hydrogens (tertiary/aromatic N) is 4. The second-order valence-electron chi connectivity index (χ2n) is 7.35. The number of rotatable bonds is 3. The zero-order valence-corrected chi connectivity index (χ0v) is 16.4. The van der Waals surface area contributed by atoms with Crippen LogP contribution in [0.3, 0.4) is 0 Å². The predicted molar refractivity (Wildman–Crippen MR) is 109 cm³/mol. The Morgan fingerprint density at radius 3 is 2.75 bits per heavy atom. The summed E-state index contributed by atoms with van der Waals surface area (Å²) in [5.41, 5.74) is 3.83. The van der Waals surface area contributed by atoms with E-state index in [2.05, 4.69) is 39.8 Å². The number of hydrogen-bond donors (Lipinski definition) is 1. The van der Waals surface area contributed by atoms with Crippen LogP contribution in [-0.4, -0.2) is 33.2 Å². The Morgan fingerprint density at radius 1 is 1.14 bits per heavy atom. The van der Waals surface area contributed by atoms with Crippen molar-refractivity contribution in [1.29, 1.82) is 0 Å². The molecule has 1 aliphatic heterocycles. The Labute approximate surface area is 164 Å². The molecule has 0 spiro atoms. The van der Waals surface area contributed by atoms with E-state index in [1.807, 2.05) is 25.1 Å². The molecule has 6 heteroatoms. The molecule has 0 aliphatic carbocycles. The first kappa shape index (κ1) is 18.2. The van der Waals surface area contributed by atoms with Gasteiger partial charge >= 0.3 is 0 Å². The maximum absolute atomic E-state index is 10.6. The van der Waals surface area contributed by atoms with Crippen LogP contribution in [0.5, 0.6) is 11.5 Å². The molecule has 0 saturated carbocycles. The summed E-state index contributed by atoms with van der Waals surface area (Å²) in [6.07, 6.45) is 3.53. The van der Waals surface area contributed by atoms with Crippen molar-refractivity contribution in [2.45, 2.75) is 33.2 Å². The van der Waals surface area contributed by atoms with E-state index >= 15 is 0 Å². The van der Waals surface area contributed by atoms with E-state index in [0.717, 1.165) is 34.0 Å². The van der Waals surface area contributed by atoms with Crippen molar-refractivity contribution in [2.24, 2.45) is 0 Å². The van der Waals surface area contributed by atoms with Crippen molar-refractivity contribution < 1.29 is 9.84 Å². The fourth-order valence-electron chi connectivity index (χ4n) is 3.43. The largest absolute Gasteiger partial charge is 0.504 e. The first-order chi connectivity index (χ1) is 13.5. The van der Waals surface area contributed by atoms with E-state index < -0.39 is 0 Å². The molecule has 0 saturated heterocycles. The molecule has 0 radical (unpaired) electrons. The Balaban J connectivity index is 1.73. The lowest BCUT2D eigenvalue weighted by atomic mass is 10.0. The standard InChI is InChI=1S/C22H24N4O2/c1-14(2)19-11-21(25-15(3)24-19)26-7-8-28-22-18(13-26)9-17(10-20(22)27)16-5-4-6-23-12-16/h4-6,9-12,14,27H,7-8,13H2,1-3H3. The Bertz CT molecular complexity index is 989. The summed E-state index contributed by atoms with van der Waals surface area (Å²) in [5.74, 6) is 2.68. The Morgan fingerprint density at radius 2 is 2.00 bits per heavy atom. The van der Waals surface area contributed by atoms with Crippen molar-refractivity contribution in [3.8, 4) is 22.6 Å². The minimum atomic E-state index is 0.153. The number of phenols is 1. The number of hydrogen-bond acceptors (Lipinski definition) is 6. The smallest absolute Gasteiger partial charge is 0.166 e. The van der Waals surface area contributed by atoms with Gasteiger partial charge in [0.15, 0.2) is 11.5 Å². The molecule has 3 aromatic rings. The van der Waals surface area contributed by atoms with E-state index in [0.29, 0.717) is 31.4 Å². The summed E-state index contributed by atoms with van der Waals surface area (Å²) < 4.78 is 5.88. The average Bonchev–Trinajstić information content (AvgIpc) is 2.91. The van der Waals surface area contributed by atoms with Crippen LogP contribution < -0.4 is 9.64 Å². The van der Waals surface area contributed by atoms with Crippen LogP contribution >= 0.6 is 0 Å². The summed E-state index contributed by atoms with van der Waals surface area (Å²) in [6, 6.07) is 9.70. The molecule has 1 aliphatic rings. The van der Waals surface area contributed by atoms with Gasteiger partial charge in [-0.25, -0.2) is 9.97 Å².